The third kappa shape index (κ3) is 2.30. The van der Waals surface area contributed by atoms with Gasteiger partial charge in [0.15, 0.2) is 0 Å². The Labute approximate surface area is 94.0 Å². The van der Waals surface area contributed by atoms with E-state index in [2.05, 4.69) is 46.4 Å². The Kier molecular flexibility index (Phi) is 3.12. The Morgan fingerprint density at radius 3 is 2.79 bits per heavy atom. The van der Waals surface area contributed by atoms with Crippen LogP contribution in [0.3, 0.4) is 0 Å². The molecule has 1 saturated carbocycles. The molecule has 0 saturated heterocycles. The zero-order chi connectivity index (χ0) is 9.97. The number of anilines is 1. The van der Waals surface area contributed by atoms with Crippen LogP contribution in [0.25, 0.3) is 0 Å². The number of nitrogens with one attached hydrogen (secondary N) is 1. The normalized spacial score (nSPS) is 16.4. The average Bonchev–Trinajstić information content (AvgIpc) is 2.05. The lowest BCUT2D eigenvalue weighted by molar-refractivity contribution is 0.333. The quantitative estimate of drug-likeness (QED) is 0.860. The second kappa shape index (κ2) is 4.35. The van der Waals surface area contributed by atoms with E-state index < -0.39 is 0 Å². The number of benzene rings is 1. The molecule has 0 heterocycles. The molecule has 0 aliphatic heterocycles. The number of aryl methyl sites for hydroxylation is 1. The topological polar surface area (TPSA) is 12.0 Å². The van der Waals surface area contributed by atoms with Crippen molar-refractivity contribution in [2.24, 2.45) is 5.92 Å². The summed E-state index contributed by atoms with van der Waals surface area (Å²) < 4.78 is 1.16. The molecule has 0 radical (unpaired) electrons. The molecular formula is C12H16BrN. The van der Waals surface area contributed by atoms with Crippen LogP contribution < -0.4 is 5.32 Å². The van der Waals surface area contributed by atoms with Gasteiger partial charge in [0.25, 0.3) is 0 Å². The Hall–Kier alpha value is -0.500. The van der Waals surface area contributed by atoms with Crippen molar-refractivity contribution in [3.63, 3.8) is 0 Å². The molecule has 1 aliphatic rings. The third-order valence-corrected chi connectivity index (χ3v) is 3.49. The molecule has 0 spiro atoms. The molecule has 0 amide bonds. The highest BCUT2D eigenvalue weighted by molar-refractivity contribution is 9.10. The molecule has 0 aromatic heterocycles. The summed E-state index contributed by atoms with van der Waals surface area (Å²) in [4.78, 5) is 0. The van der Waals surface area contributed by atoms with E-state index in [-0.39, 0.29) is 0 Å². The summed E-state index contributed by atoms with van der Waals surface area (Å²) in [6.07, 6.45) is 4.23. The van der Waals surface area contributed by atoms with E-state index in [1.807, 2.05) is 0 Å². The first-order valence-electron chi connectivity index (χ1n) is 5.26. The lowest BCUT2D eigenvalue weighted by Gasteiger charge is -2.26. The number of halogens is 1. The summed E-state index contributed by atoms with van der Waals surface area (Å²) >= 11 is 3.47. The van der Waals surface area contributed by atoms with Crippen LogP contribution in [0.4, 0.5) is 5.69 Å². The summed E-state index contributed by atoms with van der Waals surface area (Å²) in [6.45, 7) is 3.29. The van der Waals surface area contributed by atoms with Gasteiger partial charge >= 0.3 is 0 Å². The van der Waals surface area contributed by atoms with Gasteiger partial charge in [0.1, 0.15) is 0 Å². The Morgan fingerprint density at radius 1 is 1.43 bits per heavy atom. The fourth-order valence-electron chi connectivity index (χ4n) is 1.78. The van der Waals surface area contributed by atoms with Gasteiger partial charge in [-0.05, 0) is 49.4 Å². The standard InChI is InChI=1S/C12H16BrN/c1-9-7-11(13)5-6-12(9)14-8-10-3-2-4-10/h5-7,10,14H,2-4,8H2,1H3. The highest BCUT2D eigenvalue weighted by Crippen LogP contribution is 2.27. The summed E-state index contributed by atoms with van der Waals surface area (Å²) in [7, 11) is 0. The van der Waals surface area contributed by atoms with Gasteiger partial charge in [-0.15, -0.1) is 0 Å². The molecule has 1 nitrogen and oxygen atoms in total. The number of rotatable bonds is 3. The minimum absolute atomic E-state index is 0.915. The first kappa shape index (κ1) is 10.0. The molecule has 1 aromatic rings. The molecule has 2 heteroatoms. The van der Waals surface area contributed by atoms with Crippen molar-refractivity contribution in [2.45, 2.75) is 26.2 Å². The third-order valence-electron chi connectivity index (χ3n) is 2.99. The van der Waals surface area contributed by atoms with Crippen molar-refractivity contribution in [1.82, 2.24) is 0 Å². The smallest absolute Gasteiger partial charge is 0.0370 e. The predicted octanol–water partition coefficient (Wildman–Crippen LogP) is 3.97. The van der Waals surface area contributed by atoms with Crippen LogP contribution >= 0.6 is 15.9 Å². The minimum Gasteiger partial charge on any atom is -0.385 e. The lowest BCUT2D eigenvalue weighted by atomic mass is 9.85. The van der Waals surface area contributed by atoms with Gasteiger partial charge in [0.05, 0.1) is 0 Å². The largest absolute Gasteiger partial charge is 0.385 e. The average molecular weight is 254 g/mol. The lowest BCUT2D eigenvalue weighted by Crippen LogP contribution is -2.21. The molecule has 0 unspecified atom stereocenters. The fourth-order valence-corrected chi connectivity index (χ4v) is 2.25. The van der Waals surface area contributed by atoms with E-state index in [0.717, 1.165) is 16.9 Å². The van der Waals surface area contributed by atoms with Crippen LogP contribution in [-0.2, 0) is 0 Å². The van der Waals surface area contributed by atoms with Crippen molar-refractivity contribution in [3.8, 4) is 0 Å². The van der Waals surface area contributed by atoms with Crippen LogP contribution in [0.15, 0.2) is 22.7 Å². The van der Waals surface area contributed by atoms with Gasteiger partial charge in [-0.3, -0.25) is 0 Å². The van der Waals surface area contributed by atoms with Gasteiger partial charge < -0.3 is 5.32 Å². The summed E-state index contributed by atoms with van der Waals surface area (Å²) in [6, 6.07) is 6.40. The van der Waals surface area contributed by atoms with Crippen LogP contribution in [0.2, 0.25) is 0 Å². The maximum absolute atomic E-state index is 3.52. The van der Waals surface area contributed by atoms with Crippen molar-refractivity contribution < 1.29 is 0 Å². The van der Waals surface area contributed by atoms with E-state index >= 15 is 0 Å². The van der Waals surface area contributed by atoms with E-state index in [4.69, 9.17) is 0 Å². The summed E-state index contributed by atoms with van der Waals surface area (Å²) in [5.74, 6) is 0.915. The Bertz CT molecular complexity index is 318. The van der Waals surface area contributed by atoms with E-state index in [0.29, 0.717) is 0 Å². The molecule has 1 aliphatic carbocycles. The number of hydrogen-bond donors (Lipinski definition) is 1. The van der Waals surface area contributed by atoms with E-state index in [1.54, 1.807) is 0 Å². The zero-order valence-corrected chi connectivity index (χ0v) is 10.1. The summed E-state index contributed by atoms with van der Waals surface area (Å²) in [5, 5.41) is 3.52. The van der Waals surface area contributed by atoms with Crippen molar-refractivity contribution >= 4 is 21.6 Å². The van der Waals surface area contributed by atoms with E-state index in [1.165, 1.54) is 30.5 Å². The minimum atomic E-state index is 0.915. The Balaban J connectivity index is 1.94. The maximum atomic E-state index is 3.52. The maximum Gasteiger partial charge on any atom is 0.0370 e. The van der Waals surface area contributed by atoms with Crippen LogP contribution in [0.5, 0.6) is 0 Å². The molecule has 1 aromatic carbocycles. The van der Waals surface area contributed by atoms with Crippen LogP contribution in [-0.4, -0.2) is 6.54 Å². The van der Waals surface area contributed by atoms with Crippen LogP contribution in [0, 0.1) is 12.8 Å². The van der Waals surface area contributed by atoms with Gasteiger partial charge in [-0.1, -0.05) is 22.4 Å². The molecule has 0 bridgehead atoms. The monoisotopic (exact) mass is 253 g/mol. The molecular weight excluding hydrogens is 238 g/mol. The molecule has 1 fully saturated rings. The second-order valence-corrected chi connectivity index (χ2v) is 5.05. The van der Waals surface area contributed by atoms with E-state index in [9.17, 15) is 0 Å². The van der Waals surface area contributed by atoms with Crippen LogP contribution in [0.1, 0.15) is 24.8 Å². The van der Waals surface area contributed by atoms with Gasteiger partial charge in [-0.2, -0.15) is 0 Å². The summed E-state index contributed by atoms with van der Waals surface area (Å²) in [5.41, 5.74) is 2.60. The predicted molar refractivity (Wildman–Crippen MR) is 64.7 cm³/mol. The molecule has 2 rings (SSSR count). The molecule has 1 N–H and O–H groups in total. The zero-order valence-electron chi connectivity index (χ0n) is 8.52. The molecule has 0 atom stereocenters. The van der Waals surface area contributed by atoms with Gasteiger partial charge in [0, 0.05) is 16.7 Å². The van der Waals surface area contributed by atoms with Gasteiger partial charge in [0.2, 0.25) is 0 Å². The first-order chi connectivity index (χ1) is 6.75. The van der Waals surface area contributed by atoms with Crippen molar-refractivity contribution in [1.29, 1.82) is 0 Å². The second-order valence-electron chi connectivity index (χ2n) is 4.14. The van der Waals surface area contributed by atoms with Crippen molar-refractivity contribution in [3.05, 3.63) is 28.2 Å². The highest BCUT2D eigenvalue weighted by atomic mass is 79.9. The SMILES string of the molecule is Cc1cc(Br)ccc1NCC1CCC1. The fraction of sp³-hybridized carbons (Fsp3) is 0.500. The van der Waals surface area contributed by atoms with Gasteiger partial charge in [-0.25, -0.2) is 0 Å². The first-order valence-corrected chi connectivity index (χ1v) is 6.05. The molecule has 76 valence electrons. The highest BCUT2D eigenvalue weighted by Gasteiger charge is 2.16. The van der Waals surface area contributed by atoms with Crippen molar-refractivity contribution in [2.75, 3.05) is 11.9 Å². The molecule has 14 heavy (non-hydrogen) atoms. The number of hydrogen-bond acceptors (Lipinski definition) is 1. The Morgan fingerprint density at radius 2 is 2.21 bits per heavy atom.